The molecule has 1 atom stereocenters. The van der Waals surface area contributed by atoms with Gasteiger partial charge in [-0.15, -0.1) is 0 Å². The van der Waals surface area contributed by atoms with Crippen LogP contribution in [0.3, 0.4) is 0 Å². The monoisotopic (exact) mass is 302 g/mol. The number of rotatable bonds is 4. The van der Waals surface area contributed by atoms with E-state index in [-0.39, 0.29) is 23.7 Å². The lowest BCUT2D eigenvalue weighted by Gasteiger charge is -2.34. The quantitative estimate of drug-likeness (QED) is 0.857. The summed E-state index contributed by atoms with van der Waals surface area (Å²) in [6, 6.07) is 9.97. The smallest absolute Gasteiger partial charge is 0.230 e. The second-order valence-corrected chi connectivity index (χ2v) is 6.20. The van der Waals surface area contributed by atoms with Crippen molar-refractivity contribution in [1.82, 2.24) is 9.80 Å². The molecule has 0 bridgehead atoms. The van der Waals surface area contributed by atoms with E-state index in [1.165, 1.54) is 0 Å². The Morgan fingerprint density at radius 2 is 1.77 bits per heavy atom. The number of benzene rings is 1. The summed E-state index contributed by atoms with van der Waals surface area (Å²) in [7, 11) is 3.59. The molecule has 0 unspecified atom stereocenters. The van der Waals surface area contributed by atoms with Crippen LogP contribution < -0.4 is 0 Å². The van der Waals surface area contributed by atoms with Crippen LogP contribution in [0.15, 0.2) is 30.3 Å². The van der Waals surface area contributed by atoms with Gasteiger partial charge in [-0.1, -0.05) is 37.3 Å². The Balaban J connectivity index is 1.98. The third-order valence-electron chi connectivity index (χ3n) is 4.50. The van der Waals surface area contributed by atoms with E-state index in [9.17, 15) is 9.59 Å². The van der Waals surface area contributed by atoms with Crippen molar-refractivity contribution in [2.75, 3.05) is 27.2 Å². The third-order valence-corrected chi connectivity index (χ3v) is 4.50. The van der Waals surface area contributed by atoms with Gasteiger partial charge < -0.3 is 9.80 Å². The Morgan fingerprint density at radius 3 is 2.27 bits per heavy atom. The van der Waals surface area contributed by atoms with E-state index in [0.29, 0.717) is 13.1 Å². The van der Waals surface area contributed by atoms with Gasteiger partial charge >= 0.3 is 0 Å². The Kier molecular flexibility index (Phi) is 5.58. The van der Waals surface area contributed by atoms with Gasteiger partial charge in [0.2, 0.25) is 11.8 Å². The zero-order valence-electron chi connectivity index (χ0n) is 13.8. The largest absolute Gasteiger partial charge is 0.349 e. The first-order valence-electron chi connectivity index (χ1n) is 8.09. The number of hydrogen-bond acceptors (Lipinski definition) is 2. The van der Waals surface area contributed by atoms with Crippen LogP contribution in [0.5, 0.6) is 0 Å². The predicted molar refractivity (Wildman–Crippen MR) is 87.5 cm³/mol. The minimum absolute atomic E-state index is 0.0656. The van der Waals surface area contributed by atoms with Gasteiger partial charge in [0.1, 0.15) is 0 Å². The van der Waals surface area contributed by atoms with Crippen molar-refractivity contribution >= 4 is 11.8 Å². The highest BCUT2D eigenvalue weighted by Crippen LogP contribution is 2.26. The lowest BCUT2D eigenvalue weighted by Crippen LogP contribution is -2.44. The SMILES string of the molecule is CC[C@H](C(=O)N1CCC(C(=O)N(C)C)CC1)c1ccccc1. The maximum absolute atomic E-state index is 12.8. The molecule has 0 aromatic heterocycles. The summed E-state index contributed by atoms with van der Waals surface area (Å²) in [6.45, 7) is 3.43. The average Bonchev–Trinajstić information content (AvgIpc) is 2.56. The lowest BCUT2D eigenvalue weighted by atomic mass is 9.91. The highest BCUT2D eigenvalue weighted by Gasteiger charge is 2.31. The Bertz CT molecular complexity index is 505. The number of amides is 2. The van der Waals surface area contributed by atoms with Crippen LogP contribution in [0, 0.1) is 5.92 Å². The van der Waals surface area contributed by atoms with E-state index in [2.05, 4.69) is 6.92 Å². The standard InChI is InChI=1S/C18H26N2O2/c1-4-16(14-8-6-5-7-9-14)18(22)20-12-10-15(11-13-20)17(21)19(2)3/h5-9,15-16H,4,10-13H2,1-3H3/t16-/m0/s1. The van der Waals surface area contributed by atoms with Crippen molar-refractivity contribution in [3.05, 3.63) is 35.9 Å². The van der Waals surface area contributed by atoms with E-state index in [4.69, 9.17) is 0 Å². The molecule has 0 radical (unpaired) electrons. The summed E-state index contributed by atoms with van der Waals surface area (Å²) in [6.07, 6.45) is 2.35. The average molecular weight is 302 g/mol. The highest BCUT2D eigenvalue weighted by molar-refractivity contribution is 5.84. The molecule has 4 nitrogen and oxygen atoms in total. The molecule has 1 aromatic carbocycles. The first kappa shape index (κ1) is 16.5. The van der Waals surface area contributed by atoms with Gasteiger partial charge in [-0.3, -0.25) is 9.59 Å². The number of carbonyl (C=O) groups is 2. The van der Waals surface area contributed by atoms with Gasteiger partial charge in [-0.05, 0) is 24.8 Å². The molecule has 1 aromatic rings. The molecule has 2 amide bonds. The molecule has 0 spiro atoms. The number of carbonyl (C=O) groups excluding carboxylic acids is 2. The minimum atomic E-state index is -0.0673. The van der Waals surface area contributed by atoms with Gasteiger partial charge in [0, 0.05) is 33.1 Å². The fraction of sp³-hybridized carbons (Fsp3) is 0.556. The van der Waals surface area contributed by atoms with Crippen LogP contribution in [0.2, 0.25) is 0 Å². The molecule has 1 heterocycles. The molecule has 0 aliphatic carbocycles. The molecular formula is C18H26N2O2. The third kappa shape index (κ3) is 3.67. The van der Waals surface area contributed by atoms with E-state index in [0.717, 1.165) is 24.8 Å². The summed E-state index contributed by atoms with van der Waals surface area (Å²) in [5, 5.41) is 0. The maximum Gasteiger partial charge on any atom is 0.230 e. The molecule has 1 aliphatic rings. The van der Waals surface area contributed by atoms with E-state index in [1.807, 2.05) is 35.2 Å². The van der Waals surface area contributed by atoms with Crippen LogP contribution in [0.1, 0.15) is 37.7 Å². The van der Waals surface area contributed by atoms with Gasteiger partial charge in [-0.25, -0.2) is 0 Å². The fourth-order valence-electron chi connectivity index (χ4n) is 3.17. The topological polar surface area (TPSA) is 40.6 Å². The van der Waals surface area contributed by atoms with Crippen LogP contribution in [0.4, 0.5) is 0 Å². The zero-order valence-corrected chi connectivity index (χ0v) is 13.8. The van der Waals surface area contributed by atoms with E-state index < -0.39 is 0 Å². The Morgan fingerprint density at radius 1 is 1.18 bits per heavy atom. The fourth-order valence-corrected chi connectivity index (χ4v) is 3.17. The molecular weight excluding hydrogens is 276 g/mol. The molecule has 0 saturated carbocycles. The highest BCUT2D eigenvalue weighted by atomic mass is 16.2. The lowest BCUT2D eigenvalue weighted by molar-refractivity contribution is -0.139. The molecule has 1 saturated heterocycles. The normalized spacial score (nSPS) is 17.1. The first-order valence-corrected chi connectivity index (χ1v) is 8.09. The zero-order chi connectivity index (χ0) is 16.1. The second-order valence-electron chi connectivity index (χ2n) is 6.20. The van der Waals surface area contributed by atoms with Crippen LogP contribution in [-0.4, -0.2) is 48.8 Å². The van der Waals surface area contributed by atoms with E-state index >= 15 is 0 Å². The second kappa shape index (κ2) is 7.43. The maximum atomic E-state index is 12.8. The predicted octanol–water partition coefficient (Wildman–Crippen LogP) is 2.51. The number of likely N-dealkylation sites (tertiary alicyclic amines) is 1. The summed E-state index contributed by atoms with van der Waals surface area (Å²) >= 11 is 0. The number of hydrogen-bond donors (Lipinski definition) is 0. The van der Waals surface area contributed by atoms with Crippen molar-refractivity contribution in [2.45, 2.75) is 32.1 Å². The van der Waals surface area contributed by atoms with Crippen molar-refractivity contribution in [1.29, 1.82) is 0 Å². The summed E-state index contributed by atoms with van der Waals surface area (Å²) in [5.41, 5.74) is 1.08. The Hall–Kier alpha value is -1.84. The van der Waals surface area contributed by atoms with Crippen molar-refractivity contribution in [3.8, 4) is 0 Å². The summed E-state index contributed by atoms with van der Waals surface area (Å²) in [5.74, 6) is 0.379. The van der Waals surface area contributed by atoms with E-state index in [1.54, 1.807) is 19.0 Å². The molecule has 4 heteroatoms. The molecule has 22 heavy (non-hydrogen) atoms. The first-order chi connectivity index (χ1) is 10.5. The molecule has 120 valence electrons. The van der Waals surface area contributed by atoms with Crippen molar-refractivity contribution in [2.24, 2.45) is 5.92 Å². The minimum Gasteiger partial charge on any atom is -0.349 e. The van der Waals surface area contributed by atoms with Gasteiger partial charge in [0.05, 0.1) is 5.92 Å². The van der Waals surface area contributed by atoms with Gasteiger partial charge in [-0.2, -0.15) is 0 Å². The van der Waals surface area contributed by atoms with Crippen LogP contribution in [0.25, 0.3) is 0 Å². The molecule has 0 N–H and O–H groups in total. The number of piperidine rings is 1. The van der Waals surface area contributed by atoms with Crippen LogP contribution in [-0.2, 0) is 9.59 Å². The summed E-state index contributed by atoms with van der Waals surface area (Å²) < 4.78 is 0. The van der Waals surface area contributed by atoms with Crippen LogP contribution >= 0.6 is 0 Å². The Labute approximate surface area is 133 Å². The van der Waals surface area contributed by atoms with Gasteiger partial charge in [0.25, 0.3) is 0 Å². The molecule has 1 aliphatic heterocycles. The molecule has 2 rings (SSSR count). The van der Waals surface area contributed by atoms with Gasteiger partial charge in [0.15, 0.2) is 0 Å². The molecule has 1 fully saturated rings. The van der Waals surface area contributed by atoms with Crippen molar-refractivity contribution in [3.63, 3.8) is 0 Å². The summed E-state index contributed by atoms with van der Waals surface area (Å²) in [4.78, 5) is 28.4. The van der Waals surface area contributed by atoms with Crippen molar-refractivity contribution < 1.29 is 9.59 Å². The number of nitrogens with zero attached hydrogens (tertiary/aromatic N) is 2.